The molecule has 106 valence electrons. The molecule has 2 rings (SSSR count). The summed E-state index contributed by atoms with van der Waals surface area (Å²) in [4.78, 5) is 8.58. The van der Waals surface area contributed by atoms with E-state index in [4.69, 9.17) is 4.74 Å². The van der Waals surface area contributed by atoms with Gasteiger partial charge in [-0.1, -0.05) is 13.0 Å². The Labute approximate surface area is 127 Å². The molecule has 0 aliphatic carbocycles. The van der Waals surface area contributed by atoms with Gasteiger partial charge < -0.3 is 10.1 Å². The van der Waals surface area contributed by atoms with E-state index in [1.807, 2.05) is 26.0 Å². The van der Waals surface area contributed by atoms with E-state index in [1.54, 1.807) is 6.20 Å². The third-order valence-electron chi connectivity index (χ3n) is 2.65. The molecule has 0 saturated heterocycles. The molecule has 0 aliphatic heterocycles. The van der Waals surface area contributed by atoms with E-state index >= 15 is 0 Å². The van der Waals surface area contributed by atoms with Crippen molar-refractivity contribution >= 4 is 21.9 Å². The monoisotopic (exact) mass is 335 g/mol. The van der Waals surface area contributed by atoms with Crippen molar-refractivity contribution in [3.8, 4) is 11.6 Å². The van der Waals surface area contributed by atoms with Crippen LogP contribution in [0, 0.1) is 13.8 Å². The van der Waals surface area contributed by atoms with E-state index in [9.17, 15) is 0 Å². The topological polar surface area (TPSA) is 47.0 Å². The highest BCUT2D eigenvalue weighted by molar-refractivity contribution is 9.10. The van der Waals surface area contributed by atoms with E-state index < -0.39 is 0 Å². The minimum absolute atomic E-state index is 0.517. The quantitative estimate of drug-likeness (QED) is 0.875. The Morgan fingerprint density at radius 2 is 1.90 bits per heavy atom. The third-order valence-corrected chi connectivity index (χ3v) is 3.20. The van der Waals surface area contributed by atoms with Crippen LogP contribution in [0.3, 0.4) is 0 Å². The van der Waals surface area contributed by atoms with Crippen LogP contribution in [0.2, 0.25) is 0 Å². The Kier molecular flexibility index (Phi) is 4.95. The van der Waals surface area contributed by atoms with E-state index in [0.29, 0.717) is 11.8 Å². The molecular formula is C15H18BrN3O. The first-order valence-electron chi connectivity index (χ1n) is 6.61. The van der Waals surface area contributed by atoms with Gasteiger partial charge in [0.05, 0.1) is 10.7 Å². The molecule has 0 bridgehead atoms. The number of ether oxygens (including phenoxy) is 1. The number of anilines is 1. The zero-order valence-electron chi connectivity index (χ0n) is 11.9. The molecule has 0 atom stereocenters. The second-order valence-corrected chi connectivity index (χ2v) is 5.55. The van der Waals surface area contributed by atoms with Crippen LogP contribution in [-0.4, -0.2) is 16.5 Å². The van der Waals surface area contributed by atoms with Crippen LogP contribution in [0.1, 0.15) is 24.5 Å². The Hall–Kier alpha value is -1.62. The van der Waals surface area contributed by atoms with Crippen LogP contribution in [0.15, 0.2) is 28.9 Å². The number of nitrogens with one attached hydrogen (secondary N) is 1. The minimum atomic E-state index is 0.517. The molecule has 0 amide bonds. The zero-order chi connectivity index (χ0) is 14.5. The highest BCUT2D eigenvalue weighted by Crippen LogP contribution is 2.29. The second kappa shape index (κ2) is 6.70. The zero-order valence-corrected chi connectivity index (χ0v) is 13.5. The smallest absolute Gasteiger partial charge is 0.238 e. The van der Waals surface area contributed by atoms with E-state index in [-0.39, 0.29) is 0 Å². The molecule has 20 heavy (non-hydrogen) atoms. The van der Waals surface area contributed by atoms with Crippen molar-refractivity contribution in [2.24, 2.45) is 0 Å². The van der Waals surface area contributed by atoms with Gasteiger partial charge in [0.1, 0.15) is 5.75 Å². The van der Waals surface area contributed by atoms with Crippen LogP contribution < -0.4 is 10.1 Å². The first-order chi connectivity index (χ1) is 9.58. The average molecular weight is 336 g/mol. The predicted molar refractivity (Wildman–Crippen MR) is 84.5 cm³/mol. The lowest BCUT2D eigenvalue weighted by atomic mass is 10.1. The number of benzene rings is 1. The van der Waals surface area contributed by atoms with Crippen LogP contribution in [-0.2, 0) is 0 Å². The van der Waals surface area contributed by atoms with Crippen molar-refractivity contribution in [1.29, 1.82) is 0 Å². The minimum Gasteiger partial charge on any atom is -0.438 e. The van der Waals surface area contributed by atoms with Crippen molar-refractivity contribution in [3.05, 3.63) is 40.0 Å². The second-order valence-electron chi connectivity index (χ2n) is 4.70. The SMILES string of the molecule is CCCNc1ncc(Br)c(Oc2cc(C)cc(C)c2)n1. The molecule has 0 radical (unpaired) electrons. The molecule has 0 saturated carbocycles. The molecule has 0 aliphatic rings. The van der Waals surface area contributed by atoms with E-state index in [1.165, 1.54) is 0 Å². The van der Waals surface area contributed by atoms with Gasteiger partial charge >= 0.3 is 0 Å². The molecule has 1 aromatic carbocycles. The van der Waals surface area contributed by atoms with Gasteiger partial charge in [0.15, 0.2) is 0 Å². The molecular weight excluding hydrogens is 318 g/mol. The fourth-order valence-electron chi connectivity index (χ4n) is 1.85. The predicted octanol–water partition coefficient (Wildman–Crippen LogP) is 4.47. The van der Waals surface area contributed by atoms with Crippen LogP contribution in [0.4, 0.5) is 5.95 Å². The molecule has 1 aromatic heterocycles. The normalized spacial score (nSPS) is 10.4. The molecule has 0 spiro atoms. The molecule has 5 heteroatoms. The molecule has 4 nitrogen and oxygen atoms in total. The Morgan fingerprint density at radius 3 is 2.55 bits per heavy atom. The van der Waals surface area contributed by atoms with Crippen molar-refractivity contribution < 1.29 is 4.74 Å². The number of hydrogen-bond acceptors (Lipinski definition) is 4. The fraction of sp³-hybridized carbons (Fsp3) is 0.333. The number of halogens is 1. The summed E-state index contributed by atoms with van der Waals surface area (Å²) in [6.45, 7) is 7.02. The highest BCUT2D eigenvalue weighted by Gasteiger charge is 2.08. The third kappa shape index (κ3) is 3.93. The lowest BCUT2D eigenvalue weighted by molar-refractivity contribution is 0.458. The number of rotatable bonds is 5. The van der Waals surface area contributed by atoms with Gasteiger partial charge in [-0.05, 0) is 59.5 Å². The van der Waals surface area contributed by atoms with Gasteiger partial charge in [-0.2, -0.15) is 4.98 Å². The van der Waals surface area contributed by atoms with Gasteiger partial charge in [0, 0.05) is 6.54 Å². The Bertz CT molecular complexity index is 581. The summed E-state index contributed by atoms with van der Waals surface area (Å²) in [5, 5.41) is 3.15. The van der Waals surface area contributed by atoms with Crippen molar-refractivity contribution in [2.75, 3.05) is 11.9 Å². The largest absolute Gasteiger partial charge is 0.438 e. The first-order valence-corrected chi connectivity index (χ1v) is 7.40. The number of aryl methyl sites for hydroxylation is 2. The van der Waals surface area contributed by atoms with Gasteiger partial charge in [-0.25, -0.2) is 4.98 Å². The average Bonchev–Trinajstić information content (AvgIpc) is 2.38. The first kappa shape index (κ1) is 14.8. The van der Waals surface area contributed by atoms with Gasteiger partial charge in [-0.3, -0.25) is 0 Å². The molecule has 1 heterocycles. The van der Waals surface area contributed by atoms with Crippen molar-refractivity contribution in [1.82, 2.24) is 9.97 Å². The summed E-state index contributed by atoms with van der Waals surface area (Å²) in [6.07, 6.45) is 2.72. The van der Waals surface area contributed by atoms with Crippen molar-refractivity contribution in [2.45, 2.75) is 27.2 Å². The fourth-order valence-corrected chi connectivity index (χ4v) is 2.12. The van der Waals surface area contributed by atoms with Gasteiger partial charge in [-0.15, -0.1) is 0 Å². The maximum absolute atomic E-state index is 5.85. The summed E-state index contributed by atoms with van der Waals surface area (Å²) in [6, 6.07) is 6.08. The molecule has 2 aromatic rings. The maximum Gasteiger partial charge on any atom is 0.238 e. The van der Waals surface area contributed by atoms with Crippen molar-refractivity contribution in [3.63, 3.8) is 0 Å². The summed E-state index contributed by atoms with van der Waals surface area (Å²) in [5.41, 5.74) is 2.32. The van der Waals surface area contributed by atoms with Crippen LogP contribution in [0.5, 0.6) is 11.6 Å². The summed E-state index contributed by atoms with van der Waals surface area (Å²) >= 11 is 3.42. The van der Waals surface area contributed by atoms with E-state index in [0.717, 1.165) is 34.3 Å². The Balaban J connectivity index is 2.23. The summed E-state index contributed by atoms with van der Waals surface area (Å²) in [7, 11) is 0. The van der Waals surface area contributed by atoms with Gasteiger partial charge in [0.2, 0.25) is 11.8 Å². The molecule has 1 N–H and O–H groups in total. The van der Waals surface area contributed by atoms with Gasteiger partial charge in [0.25, 0.3) is 0 Å². The standard InChI is InChI=1S/C15H18BrN3O/c1-4-5-17-15-18-9-13(16)14(19-15)20-12-7-10(2)6-11(3)8-12/h6-9H,4-5H2,1-3H3,(H,17,18,19). The maximum atomic E-state index is 5.85. The van der Waals surface area contributed by atoms with Crippen LogP contribution >= 0.6 is 15.9 Å². The number of aromatic nitrogens is 2. The van der Waals surface area contributed by atoms with Crippen LogP contribution in [0.25, 0.3) is 0 Å². The summed E-state index contributed by atoms with van der Waals surface area (Å²) in [5.74, 6) is 1.88. The summed E-state index contributed by atoms with van der Waals surface area (Å²) < 4.78 is 6.59. The van der Waals surface area contributed by atoms with E-state index in [2.05, 4.69) is 44.2 Å². The lowest BCUT2D eigenvalue weighted by Crippen LogP contribution is -2.05. The molecule has 0 unspecified atom stereocenters. The molecule has 0 fully saturated rings. The number of hydrogen-bond donors (Lipinski definition) is 1. The highest BCUT2D eigenvalue weighted by atomic mass is 79.9. The Morgan fingerprint density at radius 1 is 1.20 bits per heavy atom. The lowest BCUT2D eigenvalue weighted by Gasteiger charge is -2.10. The number of nitrogens with zero attached hydrogens (tertiary/aromatic N) is 2.